The van der Waals surface area contributed by atoms with E-state index in [9.17, 15) is 0 Å². The highest BCUT2D eigenvalue weighted by Gasteiger charge is 2.25. The van der Waals surface area contributed by atoms with Crippen LogP contribution in [-0.4, -0.2) is 34.9 Å². The lowest BCUT2D eigenvalue weighted by molar-refractivity contribution is 0.214. The highest BCUT2D eigenvalue weighted by Crippen LogP contribution is 2.38. The smallest absolute Gasteiger partial charge is 0.233 e. The minimum Gasteiger partial charge on any atom is -0.476 e. The van der Waals surface area contributed by atoms with Crippen LogP contribution >= 0.6 is 0 Å². The molecule has 0 bridgehead atoms. The van der Waals surface area contributed by atoms with Crippen LogP contribution in [0.25, 0.3) is 0 Å². The van der Waals surface area contributed by atoms with Gasteiger partial charge in [-0.15, -0.1) is 5.10 Å². The molecule has 0 amide bonds. The van der Waals surface area contributed by atoms with Gasteiger partial charge in [-0.3, -0.25) is 0 Å². The molecule has 1 saturated carbocycles. The van der Waals surface area contributed by atoms with Crippen molar-refractivity contribution < 1.29 is 4.74 Å². The van der Waals surface area contributed by atoms with Gasteiger partial charge in [-0.2, -0.15) is 10.4 Å². The first-order valence-corrected chi connectivity index (χ1v) is 8.90. The van der Waals surface area contributed by atoms with Gasteiger partial charge < -0.3 is 9.64 Å². The number of rotatable bonds is 5. The van der Waals surface area contributed by atoms with Crippen LogP contribution < -0.4 is 9.64 Å². The topological polar surface area (TPSA) is 74.9 Å². The van der Waals surface area contributed by atoms with Crippen molar-refractivity contribution in [3.05, 3.63) is 41.7 Å². The molecule has 2 fully saturated rings. The maximum atomic E-state index is 8.97. The molecule has 128 valence electrons. The first kappa shape index (κ1) is 15.8. The number of hydrogen-bond acceptors (Lipinski definition) is 6. The van der Waals surface area contributed by atoms with E-state index < -0.39 is 0 Å². The average molecular weight is 335 g/mol. The van der Waals surface area contributed by atoms with E-state index in [4.69, 9.17) is 10.00 Å². The number of piperidine rings is 1. The van der Waals surface area contributed by atoms with Gasteiger partial charge in [-0.25, -0.2) is 4.98 Å². The Balaban J connectivity index is 1.26. The zero-order valence-electron chi connectivity index (χ0n) is 14.1. The molecule has 1 aliphatic carbocycles. The Morgan fingerprint density at radius 3 is 2.60 bits per heavy atom. The number of aromatic nitrogens is 3. The van der Waals surface area contributed by atoms with Crippen molar-refractivity contribution in [3.8, 4) is 11.9 Å². The second-order valence-corrected chi connectivity index (χ2v) is 6.80. The predicted octanol–water partition coefficient (Wildman–Crippen LogP) is 2.92. The van der Waals surface area contributed by atoms with E-state index in [0.717, 1.165) is 37.4 Å². The Kier molecular flexibility index (Phi) is 4.47. The van der Waals surface area contributed by atoms with Crippen LogP contribution in [-0.2, 0) is 0 Å². The summed E-state index contributed by atoms with van der Waals surface area (Å²) in [5, 5.41) is 17.4. The fraction of sp³-hybridized carbons (Fsp3) is 0.474. The summed E-state index contributed by atoms with van der Waals surface area (Å²) in [6, 6.07) is 11.7. The Bertz CT molecular complexity index is 758. The maximum absolute atomic E-state index is 8.97. The summed E-state index contributed by atoms with van der Waals surface area (Å²) in [6.07, 6.45) is 4.57. The van der Waals surface area contributed by atoms with Crippen LogP contribution in [0.15, 0.2) is 30.3 Å². The highest BCUT2D eigenvalue weighted by atomic mass is 16.5. The fourth-order valence-corrected chi connectivity index (χ4v) is 3.20. The summed E-state index contributed by atoms with van der Waals surface area (Å²) in [5.74, 6) is 2.65. The molecule has 0 N–H and O–H groups in total. The number of ether oxygens (including phenoxy) is 1. The molecule has 4 rings (SSSR count). The van der Waals surface area contributed by atoms with Crippen LogP contribution in [0.2, 0.25) is 0 Å². The normalized spacial score (nSPS) is 18.0. The maximum Gasteiger partial charge on any atom is 0.233 e. The second kappa shape index (κ2) is 7.06. The third kappa shape index (κ3) is 3.87. The Morgan fingerprint density at radius 2 is 1.92 bits per heavy atom. The van der Waals surface area contributed by atoms with Crippen LogP contribution in [0.4, 0.5) is 5.82 Å². The third-order valence-corrected chi connectivity index (χ3v) is 4.91. The minimum absolute atomic E-state index is 0.469. The van der Waals surface area contributed by atoms with Gasteiger partial charge in [0.15, 0.2) is 0 Å². The molecule has 0 atom stereocenters. The zero-order chi connectivity index (χ0) is 17.1. The predicted molar refractivity (Wildman–Crippen MR) is 93.4 cm³/mol. The monoisotopic (exact) mass is 335 g/mol. The van der Waals surface area contributed by atoms with Crippen LogP contribution in [0.5, 0.6) is 5.88 Å². The Labute approximate surface area is 147 Å². The molecule has 0 unspecified atom stereocenters. The first-order chi connectivity index (χ1) is 12.3. The summed E-state index contributed by atoms with van der Waals surface area (Å²) < 4.78 is 5.83. The van der Waals surface area contributed by atoms with Crippen LogP contribution in [0.1, 0.15) is 43.0 Å². The molecule has 2 aromatic heterocycles. The molecular formula is C19H21N5O. The molecule has 3 heterocycles. The highest BCUT2D eigenvalue weighted by molar-refractivity contribution is 5.41. The summed E-state index contributed by atoms with van der Waals surface area (Å²) in [7, 11) is 0. The van der Waals surface area contributed by atoms with Crippen molar-refractivity contribution >= 4 is 5.82 Å². The molecule has 0 aromatic carbocycles. The molecule has 0 radical (unpaired) electrons. The van der Waals surface area contributed by atoms with Gasteiger partial charge in [-0.1, -0.05) is 6.07 Å². The van der Waals surface area contributed by atoms with Gasteiger partial charge >= 0.3 is 0 Å². The summed E-state index contributed by atoms with van der Waals surface area (Å²) in [4.78, 5) is 6.61. The van der Waals surface area contributed by atoms with Crippen molar-refractivity contribution in [1.29, 1.82) is 5.26 Å². The molecule has 6 nitrogen and oxygen atoms in total. The van der Waals surface area contributed by atoms with E-state index in [0.29, 0.717) is 30.0 Å². The van der Waals surface area contributed by atoms with Gasteiger partial charge in [-0.05, 0) is 49.8 Å². The molecule has 2 aromatic rings. The summed E-state index contributed by atoms with van der Waals surface area (Å²) >= 11 is 0. The molecule has 6 heteroatoms. The van der Waals surface area contributed by atoms with E-state index in [1.165, 1.54) is 12.8 Å². The molecule has 25 heavy (non-hydrogen) atoms. The average Bonchev–Trinajstić information content (AvgIpc) is 3.52. The van der Waals surface area contributed by atoms with Crippen LogP contribution in [0.3, 0.4) is 0 Å². The van der Waals surface area contributed by atoms with Gasteiger partial charge in [0.1, 0.15) is 17.6 Å². The fourth-order valence-electron chi connectivity index (χ4n) is 3.20. The first-order valence-electron chi connectivity index (χ1n) is 8.90. The summed E-state index contributed by atoms with van der Waals surface area (Å²) in [6.45, 7) is 2.54. The lowest BCUT2D eigenvalue weighted by atomic mass is 9.98. The number of anilines is 1. The van der Waals surface area contributed by atoms with Crippen molar-refractivity contribution in [2.45, 2.75) is 31.6 Å². The zero-order valence-corrected chi connectivity index (χ0v) is 14.1. The lowest BCUT2D eigenvalue weighted by Gasteiger charge is -2.32. The van der Waals surface area contributed by atoms with Crippen LogP contribution in [0, 0.1) is 17.2 Å². The Hall–Kier alpha value is -2.68. The third-order valence-electron chi connectivity index (χ3n) is 4.91. The van der Waals surface area contributed by atoms with E-state index in [-0.39, 0.29) is 0 Å². The number of hydrogen-bond donors (Lipinski definition) is 0. The molecular weight excluding hydrogens is 314 g/mol. The second-order valence-electron chi connectivity index (χ2n) is 6.80. The van der Waals surface area contributed by atoms with Gasteiger partial charge in [0.25, 0.3) is 0 Å². The van der Waals surface area contributed by atoms with E-state index in [1.807, 2.05) is 24.3 Å². The number of nitrogens with zero attached hydrogens (tertiary/aromatic N) is 5. The van der Waals surface area contributed by atoms with Crippen molar-refractivity contribution in [2.24, 2.45) is 5.92 Å². The van der Waals surface area contributed by atoms with Gasteiger partial charge in [0, 0.05) is 25.1 Å². The van der Waals surface area contributed by atoms with Crippen molar-refractivity contribution in [3.63, 3.8) is 0 Å². The number of pyridine rings is 1. The SMILES string of the molecule is N#Cc1cccc(N2CCC(COc3ccc(C4CC4)nn3)CC2)n1. The quantitative estimate of drug-likeness (QED) is 0.836. The molecule has 1 saturated heterocycles. The summed E-state index contributed by atoms with van der Waals surface area (Å²) in [5.41, 5.74) is 1.56. The number of nitriles is 1. The van der Waals surface area contributed by atoms with E-state index >= 15 is 0 Å². The molecule has 0 spiro atoms. The van der Waals surface area contributed by atoms with E-state index in [1.54, 1.807) is 6.07 Å². The molecule has 1 aliphatic heterocycles. The van der Waals surface area contributed by atoms with Gasteiger partial charge in [0.2, 0.25) is 5.88 Å². The minimum atomic E-state index is 0.469. The van der Waals surface area contributed by atoms with Crippen molar-refractivity contribution in [1.82, 2.24) is 15.2 Å². The van der Waals surface area contributed by atoms with E-state index in [2.05, 4.69) is 26.2 Å². The lowest BCUT2D eigenvalue weighted by Crippen LogP contribution is -2.36. The standard InChI is InChI=1S/C19H21N5O/c20-12-16-2-1-3-18(21-16)24-10-8-14(9-11-24)13-25-19-7-6-17(22-23-19)15-4-5-15/h1-3,6-7,14-15H,4-5,8-11,13H2. The van der Waals surface area contributed by atoms with Crippen molar-refractivity contribution in [2.75, 3.05) is 24.6 Å². The van der Waals surface area contributed by atoms with Gasteiger partial charge in [0.05, 0.1) is 12.3 Å². The molecule has 2 aliphatic rings. The Morgan fingerprint density at radius 1 is 1.08 bits per heavy atom. The largest absolute Gasteiger partial charge is 0.476 e.